The second-order valence-electron chi connectivity index (χ2n) is 6.14. The molecule has 1 saturated heterocycles. The summed E-state index contributed by atoms with van der Waals surface area (Å²) in [7, 11) is 0. The van der Waals surface area contributed by atoms with Crippen LogP contribution in [-0.4, -0.2) is 37.9 Å². The number of likely N-dealkylation sites (tertiary alicyclic amines) is 1. The number of fused-ring (bicyclic) bond motifs is 1. The van der Waals surface area contributed by atoms with Gasteiger partial charge in [0.15, 0.2) is 0 Å². The minimum atomic E-state index is -0.784. The number of aliphatic hydroxyl groups is 1. The number of nitrogens with zero attached hydrogens (tertiary/aromatic N) is 3. The molecule has 25 heavy (non-hydrogen) atoms. The fourth-order valence-electron chi connectivity index (χ4n) is 3.32. The van der Waals surface area contributed by atoms with E-state index in [2.05, 4.69) is 4.98 Å². The third kappa shape index (κ3) is 2.76. The van der Waals surface area contributed by atoms with Crippen molar-refractivity contribution in [3.8, 4) is 0 Å². The minimum absolute atomic E-state index is 0.0709. The highest BCUT2D eigenvalue weighted by molar-refractivity contribution is 5.94. The number of β-amino-alcohol motifs (C(OH)–C–C–N with tert-alkyl or cyclic N) is 1. The van der Waals surface area contributed by atoms with E-state index in [4.69, 9.17) is 0 Å². The molecule has 2 atom stereocenters. The van der Waals surface area contributed by atoms with Gasteiger partial charge in [0.25, 0.3) is 5.91 Å². The maximum absolute atomic E-state index is 14.2. The van der Waals surface area contributed by atoms with Crippen molar-refractivity contribution in [3.05, 3.63) is 71.7 Å². The van der Waals surface area contributed by atoms with E-state index in [-0.39, 0.29) is 24.4 Å². The molecule has 1 N–H and O–H groups in total. The molecule has 1 aliphatic rings. The van der Waals surface area contributed by atoms with Crippen LogP contribution < -0.4 is 0 Å². The van der Waals surface area contributed by atoms with Gasteiger partial charge in [0.1, 0.15) is 17.3 Å². The lowest BCUT2D eigenvalue weighted by atomic mass is 10.0. The van der Waals surface area contributed by atoms with E-state index < -0.39 is 23.8 Å². The van der Waals surface area contributed by atoms with Gasteiger partial charge < -0.3 is 14.4 Å². The normalized spacial score (nSPS) is 20.4. The first-order valence-corrected chi connectivity index (χ1v) is 7.89. The van der Waals surface area contributed by atoms with Crippen LogP contribution in [-0.2, 0) is 0 Å². The average Bonchev–Trinajstić information content (AvgIpc) is 3.22. The van der Waals surface area contributed by atoms with Gasteiger partial charge in [-0.25, -0.2) is 13.8 Å². The van der Waals surface area contributed by atoms with Gasteiger partial charge in [0.2, 0.25) is 0 Å². The quantitative estimate of drug-likeness (QED) is 0.778. The third-order valence-electron chi connectivity index (χ3n) is 4.49. The molecule has 0 spiro atoms. The predicted octanol–water partition coefficient (Wildman–Crippen LogP) is 2.56. The molecule has 7 heteroatoms. The molecule has 128 valence electrons. The summed E-state index contributed by atoms with van der Waals surface area (Å²) in [5, 5.41) is 10.0. The van der Waals surface area contributed by atoms with Crippen molar-refractivity contribution in [1.82, 2.24) is 14.3 Å². The highest BCUT2D eigenvalue weighted by atomic mass is 19.1. The number of pyridine rings is 1. The lowest BCUT2D eigenvalue weighted by Gasteiger charge is -2.25. The second-order valence-corrected chi connectivity index (χ2v) is 6.14. The smallest absolute Gasteiger partial charge is 0.255 e. The SMILES string of the molecule is O=C(c1ccc2nccn2c1)N1C[C@@H](O)C[C@@H]1c1cc(F)ccc1F. The molecule has 0 saturated carbocycles. The Balaban J connectivity index is 1.71. The van der Waals surface area contributed by atoms with Gasteiger partial charge in [0, 0.05) is 30.7 Å². The standard InChI is InChI=1S/C18H15F2N3O2/c19-12-2-3-15(20)14(7-12)16-8-13(24)10-23(16)18(25)11-1-4-17-21-5-6-22(17)9-11/h1-7,9,13,16,24H,8,10H2/t13-,16+/m0/s1. The Morgan fingerprint density at radius 1 is 1.24 bits per heavy atom. The number of amides is 1. The Kier molecular flexibility index (Phi) is 3.73. The highest BCUT2D eigenvalue weighted by Gasteiger charge is 2.37. The molecule has 3 heterocycles. The van der Waals surface area contributed by atoms with Crippen molar-refractivity contribution < 1.29 is 18.7 Å². The van der Waals surface area contributed by atoms with Crippen molar-refractivity contribution in [2.24, 2.45) is 0 Å². The Morgan fingerprint density at radius 3 is 2.92 bits per heavy atom. The molecule has 4 rings (SSSR count). The molecular weight excluding hydrogens is 328 g/mol. The largest absolute Gasteiger partial charge is 0.391 e. The van der Waals surface area contributed by atoms with E-state index in [9.17, 15) is 18.7 Å². The van der Waals surface area contributed by atoms with Crippen LogP contribution in [0.3, 0.4) is 0 Å². The minimum Gasteiger partial charge on any atom is -0.391 e. The van der Waals surface area contributed by atoms with Crippen molar-refractivity contribution in [2.75, 3.05) is 6.54 Å². The summed E-state index contributed by atoms with van der Waals surface area (Å²) >= 11 is 0. The Hall–Kier alpha value is -2.80. The molecule has 0 unspecified atom stereocenters. The van der Waals surface area contributed by atoms with Gasteiger partial charge in [0.05, 0.1) is 17.7 Å². The van der Waals surface area contributed by atoms with Gasteiger partial charge in [-0.15, -0.1) is 0 Å². The van der Waals surface area contributed by atoms with E-state index >= 15 is 0 Å². The van der Waals surface area contributed by atoms with Gasteiger partial charge in [-0.1, -0.05) is 0 Å². The number of aliphatic hydroxyl groups excluding tert-OH is 1. The third-order valence-corrected chi connectivity index (χ3v) is 4.49. The number of carbonyl (C=O) groups excluding carboxylic acids is 1. The summed E-state index contributed by atoms with van der Waals surface area (Å²) in [6.07, 6.45) is 4.35. The van der Waals surface area contributed by atoms with Crippen LogP contribution in [0.15, 0.2) is 48.9 Å². The molecule has 5 nitrogen and oxygen atoms in total. The fourth-order valence-corrected chi connectivity index (χ4v) is 3.32. The van der Waals surface area contributed by atoms with Gasteiger partial charge in [-0.05, 0) is 36.8 Å². The highest BCUT2D eigenvalue weighted by Crippen LogP contribution is 2.35. The Morgan fingerprint density at radius 2 is 2.08 bits per heavy atom. The number of imidazole rings is 1. The first-order chi connectivity index (χ1) is 12.0. The van der Waals surface area contributed by atoms with Crippen LogP contribution >= 0.6 is 0 Å². The summed E-state index contributed by atoms with van der Waals surface area (Å²) in [6.45, 7) is 0.0709. The maximum Gasteiger partial charge on any atom is 0.255 e. The second kappa shape index (κ2) is 5.93. The molecule has 1 aromatic carbocycles. The van der Waals surface area contributed by atoms with Crippen LogP contribution in [0.1, 0.15) is 28.4 Å². The van der Waals surface area contributed by atoms with Gasteiger partial charge in [-0.3, -0.25) is 4.79 Å². The van der Waals surface area contributed by atoms with Crippen LogP contribution in [0.5, 0.6) is 0 Å². The lowest BCUT2D eigenvalue weighted by Crippen LogP contribution is -2.32. The summed E-state index contributed by atoms with van der Waals surface area (Å²) in [5.41, 5.74) is 1.17. The predicted molar refractivity (Wildman–Crippen MR) is 86.0 cm³/mol. The number of carbonyl (C=O) groups is 1. The van der Waals surface area contributed by atoms with Gasteiger partial charge >= 0.3 is 0 Å². The number of hydrogen-bond donors (Lipinski definition) is 1. The van der Waals surface area contributed by atoms with Crippen molar-refractivity contribution in [1.29, 1.82) is 0 Å². The number of halogens is 2. The molecular formula is C18H15F2N3O2. The van der Waals surface area contributed by atoms with E-state index in [1.165, 1.54) is 4.90 Å². The van der Waals surface area contributed by atoms with Crippen molar-refractivity contribution >= 4 is 11.6 Å². The summed E-state index contributed by atoms with van der Waals surface area (Å²) in [6, 6.07) is 5.78. The number of benzene rings is 1. The van der Waals surface area contributed by atoms with E-state index in [0.717, 1.165) is 18.2 Å². The van der Waals surface area contributed by atoms with Crippen LogP contribution in [0.4, 0.5) is 8.78 Å². The zero-order valence-electron chi connectivity index (χ0n) is 13.1. The molecule has 0 aliphatic carbocycles. The van der Waals surface area contributed by atoms with Crippen molar-refractivity contribution in [2.45, 2.75) is 18.6 Å². The van der Waals surface area contributed by atoms with Crippen molar-refractivity contribution in [3.63, 3.8) is 0 Å². The summed E-state index contributed by atoms with van der Waals surface area (Å²) in [5.74, 6) is -1.52. The fraction of sp³-hybridized carbons (Fsp3) is 0.222. The number of aromatic nitrogens is 2. The first-order valence-electron chi connectivity index (χ1n) is 7.89. The maximum atomic E-state index is 14.2. The topological polar surface area (TPSA) is 57.8 Å². The molecule has 0 radical (unpaired) electrons. The monoisotopic (exact) mass is 343 g/mol. The van der Waals surface area contributed by atoms with E-state index in [1.807, 2.05) is 0 Å². The van der Waals surface area contributed by atoms with Crippen LogP contribution in [0.25, 0.3) is 5.65 Å². The van der Waals surface area contributed by atoms with Crippen LogP contribution in [0, 0.1) is 11.6 Å². The number of hydrogen-bond acceptors (Lipinski definition) is 3. The van der Waals surface area contributed by atoms with E-state index in [0.29, 0.717) is 11.2 Å². The van der Waals surface area contributed by atoms with Gasteiger partial charge in [-0.2, -0.15) is 0 Å². The molecule has 2 aromatic heterocycles. The Bertz CT molecular complexity index is 956. The average molecular weight is 343 g/mol. The lowest BCUT2D eigenvalue weighted by molar-refractivity contribution is 0.0713. The van der Waals surface area contributed by atoms with Crippen LogP contribution in [0.2, 0.25) is 0 Å². The summed E-state index contributed by atoms with van der Waals surface area (Å²) < 4.78 is 29.4. The number of rotatable bonds is 2. The Labute approximate surface area is 142 Å². The zero-order valence-corrected chi connectivity index (χ0v) is 13.1. The summed E-state index contributed by atoms with van der Waals surface area (Å²) in [4.78, 5) is 18.4. The molecule has 3 aromatic rings. The molecule has 1 aliphatic heterocycles. The molecule has 0 bridgehead atoms. The first kappa shape index (κ1) is 15.7. The van der Waals surface area contributed by atoms with E-state index in [1.54, 1.807) is 35.1 Å². The molecule has 1 fully saturated rings. The zero-order chi connectivity index (χ0) is 17.6. The molecule has 1 amide bonds.